The zero-order chi connectivity index (χ0) is 82.0. The minimum absolute atomic E-state index is 0.108. The van der Waals surface area contributed by atoms with E-state index < -0.39 is 97.5 Å². The third-order valence-corrected chi connectivity index (χ3v) is 24.2. The Kier molecular flexibility index (Phi) is 82.6. The van der Waals surface area contributed by atoms with Crippen LogP contribution in [0.25, 0.3) is 0 Å². The summed E-state index contributed by atoms with van der Waals surface area (Å²) >= 11 is 0. The van der Waals surface area contributed by atoms with E-state index in [2.05, 4.69) is 41.5 Å². The fourth-order valence-corrected chi connectivity index (χ4v) is 16.2. The second-order valence-electron chi connectivity index (χ2n) is 34.1. The van der Waals surface area contributed by atoms with Crippen LogP contribution in [0, 0.1) is 11.8 Å². The highest BCUT2D eigenvalue weighted by atomic mass is 31.2. The Labute approximate surface area is 689 Å². The second kappa shape index (κ2) is 84.1. The van der Waals surface area contributed by atoms with E-state index in [1.54, 1.807) is 0 Å². The first-order chi connectivity index (χ1) is 54.4. The summed E-state index contributed by atoms with van der Waals surface area (Å²) in [6.45, 7) is 9.72. The molecule has 0 aliphatic rings. The number of phosphoric ester groups is 2. The van der Waals surface area contributed by atoms with Gasteiger partial charge in [0.1, 0.15) is 19.3 Å². The number of esters is 4. The minimum atomic E-state index is -4.97. The topological polar surface area (TPSA) is 237 Å². The molecular formula is C93H182O17P2. The molecule has 0 saturated carbocycles. The van der Waals surface area contributed by atoms with Crippen LogP contribution in [0.5, 0.6) is 0 Å². The van der Waals surface area contributed by atoms with Crippen LogP contribution in [0.4, 0.5) is 0 Å². The first-order valence-electron chi connectivity index (χ1n) is 48.0. The second-order valence-corrected chi connectivity index (χ2v) is 37.0. The molecule has 0 aromatic carbocycles. The third-order valence-electron chi connectivity index (χ3n) is 22.3. The summed E-state index contributed by atoms with van der Waals surface area (Å²) < 4.78 is 69.1. The molecule has 0 aromatic heterocycles. The molecule has 0 aliphatic carbocycles. The Morgan fingerprint density at radius 1 is 0.259 bits per heavy atom. The lowest BCUT2D eigenvalue weighted by Crippen LogP contribution is -2.30. The van der Waals surface area contributed by atoms with Crippen LogP contribution in [0.15, 0.2) is 0 Å². The zero-order valence-electron chi connectivity index (χ0n) is 74.0. The summed E-state index contributed by atoms with van der Waals surface area (Å²) in [7, 11) is -9.94. The van der Waals surface area contributed by atoms with Gasteiger partial charge in [0.15, 0.2) is 12.2 Å². The van der Waals surface area contributed by atoms with Crippen molar-refractivity contribution in [2.45, 2.75) is 522 Å². The van der Waals surface area contributed by atoms with Gasteiger partial charge < -0.3 is 33.8 Å². The average molecular weight is 1630 g/mol. The van der Waals surface area contributed by atoms with Crippen molar-refractivity contribution in [3.05, 3.63) is 0 Å². The molecule has 0 amide bonds. The minimum Gasteiger partial charge on any atom is -0.462 e. The van der Waals surface area contributed by atoms with Gasteiger partial charge in [-0.3, -0.25) is 37.3 Å². The number of rotatable bonds is 92. The van der Waals surface area contributed by atoms with Crippen molar-refractivity contribution < 1.29 is 80.2 Å². The summed E-state index contributed by atoms with van der Waals surface area (Å²) in [6, 6.07) is 0. The molecule has 0 heterocycles. The highest BCUT2D eigenvalue weighted by Crippen LogP contribution is 2.45. The molecular weight excluding hydrogens is 1450 g/mol. The molecule has 0 saturated heterocycles. The Balaban J connectivity index is 5.21. The molecule has 666 valence electrons. The standard InChI is InChI=1S/C93H182O17P2/c1-7-10-12-14-16-18-20-22-24-26-28-30-35-39-43-47-51-57-63-69-75-90(95)103-81-88(109-92(97)77-71-66-59-53-49-45-41-37-33-32-34-38-42-46-50-56-62-68-74-86(6)9-3)83-107-111(99,100)105-79-87(94)80-106-112(101,102)108-84-89(82-104-91(96)76-70-64-60-54-55-61-67-73-85(4)5)110-93(98)78-72-65-58-52-48-44-40-36-31-29-27-25-23-21-19-17-15-13-11-8-2/h85-89,94H,7-84H2,1-6H3,(H,99,100)(H,101,102)/t86?,87-,88-,89-/m1/s1. The van der Waals surface area contributed by atoms with Gasteiger partial charge in [-0.15, -0.1) is 0 Å². The lowest BCUT2D eigenvalue weighted by molar-refractivity contribution is -0.161. The summed E-state index contributed by atoms with van der Waals surface area (Å²) in [6.07, 6.45) is 79.4. The summed E-state index contributed by atoms with van der Waals surface area (Å²) in [4.78, 5) is 73.4. The molecule has 0 rings (SSSR count). The highest BCUT2D eigenvalue weighted by molar-refractivity contribution is 7.47. The number of aliphatic hydroxyl groups is 1. The van der Waals surface area contributed by atoms with Crippen LogP contribution in [0.3, 0.4) is 0 Å². The monoisotopic (exact) mass is 1630 g/mol. The average Bonchev–Trinajstić information content (AvgIpc) is 0.894. The number of unbranched alkanes of at least 4 members (excludes halogenated alkanes) is 61. The fraction of sp³-hybridized carbons (Fsp3) is 0.957. The van der Waals surface area contributed by atoms with E-state index >= 15 is 0 Å². The molecule has 0 radical (unpaired) electrons. The summed E-state index contributed by atoms with van der Waals surface area (Å²) in [5.74, 6) is -0.520. The van der Waals surface area contributed by atoms with Crippen molar-refractivity contribution >= 4 is 39.5 Å². The van der Waals surface area contributed by atoms with Crippen molar-refractivity contribution in [3.63, 3.8) is 0 Å². The number of carbonyl (C=O) groups is 4. The zero-order valence-corrected chi connectivity index (χ0v) is 75.8. The number of hydrogen-bond donors (Lipinski definition) is 3. The van der Waals surface area contributed by atoms with Crippen LogP contribution < -0.4 is 0 Å². The van der Waals surface area contributed by atoms with E-state index in [9.17, 15) is 43.2 Å². The van der Waals surface area contributed by atoms with Gasteiger partial charge in [0, 0.05) is 25.7 Å². The van der Waals surface area contributed by atoms with Crippen LogP contribution in [0.1, 0.15) is 504 Å². The maximum absolute atomic E-state index is 13.2. The maximum atomic E-state index is 13.2. The first kappa shape index (κ1) is 110. The van der Waals surface area contributed by atoms with Crippen molar-refractivity contribution in [3.8, 4) is 0 Å². The molecule has 112 heavy (non-hydrogen) atoms. The molecule has 0 fully saturated rings. The number of aliphatic hydroxyl groups excluding tert-OH is 1. The van der Waals surface area contributed by atoms with Gasteiger partial charge in [-0.1, -0.05) is 452 Å². The largest absolute Gasteiger partial charge is 0.472 e. The molecule has 6 atom stereocenters. The number of carbonyl (C=O) groups excluding carboxylic acids is 4. The van der Waals surface area contributed by atoms with Crippen LogP contribution in [-0.4, -0.2) is 96.7 Å². The van der Waals surface area contributed by atoms with Crippen LogP contribution in [0.2, 0.25) is 0 Å². The van der Waals surface area contributed by atoms with E-state index in [1.807, 2.05) is 0 Å². The van der Waals surface area contributed by atoms with Gasteiger partial charge in [-0.25, -0.2) is 9.13 Å². The number of hydrogen-bond acceptors (Lipinski definition) is 15. The molecule has 0 aliphatic heterocycles. The smallest absolute Gasteiger partial charge is 0.462 e. The van der Waals surface area contributed by atoms with Gasteiger partial charge in [-0.05, 0) is 37.5 Å². The van der Waals surface area contributed by atoms with Crippen molar-refractivity contribution in [2.24, 2.45) is 11.8 Å². The number of phosphoric acid groups is 2. The Morgan fingerprint density at radius 3 is 0.679 bits per heavy atom. The van der Waals surface area contributed by atoms with Crippen molar-refractivity contribution in [1.82, 2.24) is 0 Å². The molecule has 19 heteroatoms. The van der Waals surface area contributed by atoms with Gasteiger partial charge in [-0.2, -0.15) is 0 Å². The Hall–Kier alpha value is -1.94. The maximum Gasteiger partial charge on any atom is 0.472 e. The predicted molar refractivity (Wildman–Crippen MR) is 465 cm³/mol. The number of ether oxygens (including phenoxy) is 4. The van der Waals surface area contributed by atoms with Gasteiger partial charge in [0.25, 0.3) is 0 Å². The first-order valence-corrected chi connectivity index (χ1v) is 51.0. The van der Waals surface area contributed by atoms with Crippen molar-refractivity contribution in [2.75, 3.05) is 39.6 Å². The van der Waals surface area contributed by atoms with E-state index in [0.29, 0.717) is 31.6 Å². The molecule has 3 N–H and O–H groups in total. The normalized spacial score (nSPS) is 13.9. The Bertz CT molecular complexity index is 2130. The SMILES string of the molecule is CCCCCCCCCCCCCCCCCCCCCCC(=O)OC[C@H](COP(=O)(O)OC[C@@H](O)COP(=O)(O)OC[C@@H](COC(=O)CCCCCCCCCC(C)C)OC(=O)CCCCCCCCCCCCCCCCCCCCCC)OC(=O)CCCCCCCCCCCCCCCCCCCCC(C)CC. The lowest BCUT2D eigenvalue weighted by Gasteiger charge is -2.21. The summed E-state index contributed by atoms with van der Waals surface area (Å²) in [5, 5.41) is 10.7. The molecule has 0 bridgehead atoms. The lowest BCUT2D eigenvalue weighted by atomic mass is 9.99. The van der Waals surface area contributed by atoms with Gasteiger partial charge >= 0.3 is 39.5 Å². The van der Waals surface area contributed by atoms with E-state index in [-0.39, 0.29) is 25.7 Å². The van der Waals surface area contributed by atoms with E-state index in [4.69, 9.17) is 37.0 Å². The van der Waals surface area contributed by atoms with Crippen molar-refractivity contribution in [1.29, 1.82) is 0 Å². The van der Waals surface area contributed by atoms with E-state index in [0.717, 1.165) is 102 Å². The predicted octanol–water partition coefficient (Wildman–Crippen LogP) is 29.0. The van der Waals surface area contributed by atoms with Gasteiger partial charge in [0.05, 0.1) is 26.4 Å². The molecule has 0 aromatic rings. The summed E-state index contributed by atoms with van der Waals surface area (Å²) in [5.41, 5.74) is 0. The van der Waals surface area contributed by atoms with E-state index in [1.165, 1.54) is 315 Å². The quantitative estimate of drug-likeness (QED) is 0.0222. The third kappa shape index (κ3) is 84.5. The highest BCUT2D eigenvalue weighted by Gasteiger charge is 2.31. The van der Waals surface area contributed by atoms with Gasteiger partial charge in [0.2, 0.25) is 0 Å². The molecule has 0 spiro atoms. The fourth-order valence-electron chi connectivity index (χ4n) is 14.6. The molecule has 17 nitrogen and oxygen atoms in total. The molecule has 3 unspecified atom stereocenters. The van der Waals surface area contributed by atoms with Crippen LogP contribution in [-0.2, 0) is 65.4 Å². The van der Waals surface area contributed by atoms with Crippen LogP contribution >= 0.6 is 15.6 Å². The Morgan fingerprint density at radius 2 is 0.455 bits per heavy atom.